The molecule has 2 fully saturated rings. The van der Waals surface area contributed by atoms with Crippen LogP contribution in [-0.2, 0) is 4.79 Å². The Morgan fingerprint density at radius 2 is 1.84 bits per heavy atom. The number of hydrogen-bond donors (Lipinski definition) is 3. The fourth-order valence-electron chi connectivity index (χ4n) is 2.79. The highest BCUT2D eigenvalue weighted by molar-refractivity contribution is 5.91. The van der Waals surface area contributed by atoms with Crippen molar-refractivity contribution < 1.29 is 9.59 Å². The van der Waals surface area contributed by atoms with E-state index in [-0.39, 0.29) is 17.2 Å². The van der Waals surface area contributed by atoms with Crippen LogP contribution in [0.5, 0.6) is 0 Å². The van der Waals surface area contributed by atoms with Gasteiger partial charge in [-0.3, -0.25) is 10.2 Å². The predicted octanol–water partition coefficient (Wildman–Crippen LogP) is 2.03. The topological polar surface area (TPSA) is 70.2 Å². The number of para-hydroxylation sites is 1. The highest BCUT2D eigenvalue weighted by Gasteiger charge is 2.60. The zero-order valence-electron chi connectivity index (χ0n) is 10.6. The van der Waals surface area contributed by atoms with Crippen molar-refractivity contribution in [2.24, 2.45) is 11.3 Å². The smallest absolute Gasteiger partial charge is 0.307 e. The van der Waals surface area contributed by atoms with E-state index in [1.54, 1.807) is 12.1 Å². The highest BCUT2D eigenvalue weighted by atomic mass is 16.2. The minimum Gasteiger partial charge on any atom is -0.307 e. The van der Waals surface area contributed by atoms with E-state index in [0.29, 0.717) is 5.69 Å². The summed E-state index contributed by atoms with van der Waals surface area (Å²) in [6.45, 7) is 0. The summed E-state index contributed by atoms with van der Waals surface area (Å²) in [4.78, 5) is 23.4. The van der Waals surface area contributed by atoms with Crippen molar-refractivity contribution in [1.29, 1.82) is 0 Å². The number of hydrogen-bond acceptors (Lipinski definition) is 2. The van der Waals surface area contributed by atoms with Crippen LogP contribution in [0.4, 0.5) is 10.5 Å². The number of rotatable bonds is 2. The van der Waals surface area contributed by atoms with Gasteiger partial charge < -0.3 is 5.32 Å². The second kappa shape index (κ2) is 4.57. The van der Waals surface area contributed by atoms with E-state index in [4.69, 9.17) is 0 Å². The Morgan fingerprint density at radius 3 is 2.42 bits per heavy atom. The molecular formula is C14H17N3O2. The second-order valence-electron chi connectivity index (χ2n) is 5.41. The number of nitrogens with one attached hydrogen (secondary N) is 3. The molecule has 1 aromatic rings. The third-order valence-corrected chi connectivity index (χ3v) is 4.19. The van der Waals surface area contributed by atoms with Gasteiger partial charge in [0, 0.05) is 11.6 Å². The standard InChI is InChI=1S/C14H17N3O2/c18-12(11-9-14(11)7-4-8-14)16-17-13(19)15-10-5-2-1-3-6-10/h1-3,5-6,11H,4,7-9H2,(H,16,18)(H2,15,17,19)/t11-/m0/s1. The third-order valence-electron chi connectivity index (χ3n) is 4.19. The van der Waals surface area contributed by atoms with Crippen LogP contribution in [0, 0.1) is 11.3 Å². The highest BCUT2D eigenvalue weighted by Crippen LogP contribution is 2.65. The first-order valence-corrected chi connectivity index (χ1v) is 6.62. The van der Waals surface area contributed by atoms with E-state index >= 15 is 0 Å². The summed E-state index contributed by atoms with van der Waals surface area (Å²) in [6.07, 6.45) is 4.51. The summed E-state index contributed by atoms with van der Waals surface area (Å²) < 4.78 is 0. The van der Waals surface area contributed by atoms with Crippen molar-refractivity contribution in [2.75, 3.05) is 5.32 Å². The molecule has 2 aliphatic carbocycles. The Bertz CT molecular complexity index is 497. The van der Waals surface area contributed by atoms with Crippen molar-refractivity contribution in [3.05, 3.63) is 30.3 Å². The maximum atomic E-state index is 11.8. The molecule has 0 radical (unpaired) electrons. The Morgan fingerprint density at radius 1 is 1.11 bits per heavy atom. The Hall–Kier alpha value is -2.04. The molecule has 1 spiro atoms. The molecule has 2 aliphatic rings. The van der Waals surface area contributed by atoms with Crippen LogP contribution in [0.2, 0.25) is 0 Å². The molecule has 5 heteroatoms. The SMILES string of the molecule is O=C(NNC(=O)[C@@H]1CC12CCC2)Nc1ccccc1. The number of urea groups is 1. The molecular weight excluding hydrogens is 242 g/mol. The Balaban J connectivity index is 1.42. The number of anilines is 1. The lowest BCUT2D eigenvalue weighted by molar-refractivity contribution is -0.124. The van der Waals surface area contributed by atoms with Gasteiger partial charge in [-0.25, -0.2) is 10.2 Å². The van der Waals surface area contributed by atoms with Gasteiger partial charge in [0.05, 0.1) is 0 Å². The van der Waals surface area contributed by atoms with Gasteiger partial charge in [-0.1, -0.05) is 24.6 Å². The normalized spacial score (nSPS) is 22.2. The summed E-state index contributed by atoms with van der Waals surface area (Å²) >= 11 is 0. The van der Waals surface area contributed by atoms with Gasteiger partial charge in [0.25, 0.3) is 0 Å². The van der Waals surface area contributed by atoms with E-state index in [9.17, 15) is 9.59 Å². The Labute approximate surface area is 111 Å². The lowest BCUT2D eigenvalue weighted by Crippen LogP contribution is -2.45. The summed E-state index contributed by atoms with van der Waals surface area (Å²) in [5, 5.41) is 2.64. The van der Waals surface area contributed by atoms with E-state index in [1.165, 1.54) is 6.42 Å². The van der Waals surface area contributed by atoms with Gasteiger partial charge in [0.15, 0.2) is 0 Å². The van der Waals surface area contributed by atoms with Crippen molar-refractivity contribution in [1.82, 2.24) is 10.9 Å². The summed E-state index contributed by atoms with van der Waals surface area (Å²) in [5.41, 5.74) is 5.85. The van der Waals surface area contributed by atoms with Gasteiger partial charge in [-0.2, -0.15) is 0 Å². The molecule has 0 aliphatic heterocycles. The molecule has 100 valence electrons. The average Bonchev–Trinajstić information content (AvgIpc) is 3.13. The first kappa shape index (κ1) is 12.0. The summed E-state index contributed by atoms with van der Waals surface area (Å²) in [5.74, 6) is 0.0289. The van der Waals surface area contributed by atoms with Crippen LogP contribution < -0.4 is 16.2 Å². The van der Waals surface area contributed by atoms with Crippen LogP contribution in [0.3, 0.4) is 0 Å². The van der Waals surface area contributed by atoms with Crippen LogP contribution in [0.25, 0.3) is 0 Å². The average molecular weight is 259 g/mol. The fraction of sp³-hybridized carbons (Fsp3) is 0.429. The molecule has 3 amide bonds. The number of amides is 3. The number of hydrazine groups is 1. The maximum absolute atomic E-state index is 11.8. The predicted molar refractivity (Wildman–Crippen MR) is 71.1 cm³/mol. The molecule has 3 rings (SSSR count). The molecule has 0 aromatic heterocycles. The number of carbonyl (C=O) groups excluding carboxylic acids is 2. The molecule has 2 saturated carbocycles. The minimum absolute atomic E-state index is 0.0667. The molecule has 0 saturated heterocycles. The molecule has 3 N–H and O–H groups in total. The van der Waals surface area contributed by atoms with E-state index in [1.807, 2.05) is 18.2 Å². The number of benzene rings is 1. The molecule has 1 aromatic carbocycles. The first-order valence-electron chi connectivity index (χ1n) is 6.62. The molecule has 5 nitrogen and oxygen atoms in total. The maximum Gasteiger partial charge on any atom is 0.337 e. The molecule has 19 heavy (non-hydrogen) atoms. The zero-order valence-corrected chi connectivity index (χ0v) is 10.6. The van der Waals surface area contributed by atoms with Gasteiger partial charge in [-0.05, 0) is 36.8 Å². The van der Waals surface area contributed by atoms with Crippen molar-refractivity contribution in [2.45, 2.75) is 25.7 Å². The van der Waals surface area contributed by atoms with Gasteiger partial charge >= 0.3 is 6.03 Å². The lowest BCUT2D eigenvalue weighted by atomic mass is 9.80. The van der Waals surface area contributed by atoms with Crippen LogP contribution in [0.1, 0.15) is 25.7 Å². The minimum atomic E-state index is -0.428. The van der Waals surface area contributed by atoms with Crippen molar-refractivity contribution in [3.8, 4) is 0 Å². The first-order chi connectivity index (χ1) is 9.20. The zero-order chi connectivity index (χ0) is 13.3. The van der Waals surface area contributed by atoms with E-state index in [2.05, 4.69) is 16.2 Å². The van der Waals surface area contributed by atoms with Crippen LogP contribution in [0.15, 0.2) is 30.3 Å². The van der Waals surface area contributed by atoms with E-state index < -0.39 is 6.03 Å². The Kier molecular flexibility index (Phi) is 2.89. The molecule has 0 heterocycles. The quantitative estimate of drug-likeness (QED) is 0.711. The molecule has 0 unspecified atom stereocenters. The monoisotopic (exact) mass is 259 g/mol. The summed E-state index contributed by atoms with van der Waals surface area (Å²) in [6, 6.07) is 8.67. The van der Waals surface area contributed by atoms with Crippen molar-refractivity contribution in [3.63, 3.8) is 0 Å². The van der Waals surface area contributed by atoms with Crippen LogP contribution >= 0.6 is 0 Å². The van der Waals surface area contributed by atoms with E-state index in [0.717, 1.165) is 19.3 Å². The van der Waals surface area contributed by atoms with Gasteiger partial charge in [-0.15, -0.1) is 0 Å². The van der Waals surface area contributed by atoms with Gasteiger partial charge in [0.1, 0.15) is 0 Å². The van der Waals surface area contributed by atoms with Gasteiger partial charge in [0.2, 0.25) is 5.91 Å². The number of carbonyl (C=O) groups is 2. The fourth-order valence-corrected chi connectivity index (χ4v) is 2.79. The van der Waals surface area contributed by atoms with Crippen LogP contribution in [-0.4, -0.2) is 11.9 Å². The lowest BCUT2D eigenvalue weighted by Gasteiger charge is -2.26. The third kappa shape index (κ3) is 2.41. The summed E-state index contributed by atoms with van der Waals surface area (Å²) in [7, 11) is 0. The van der Waals surface area contributed by atoms with Crippen molar-refractivity contribution >= 4 is 17.6 Å². The molecule has 0 bridgehead atoms. The molecule has 1 atom stereocenters. The second-order valence-corrected chi connectivity index (χ2v) is 5.41. The largest absolute Gasteiger partial charge is 0.337 e.